The van der Waals surface area contributed by atoms with E-state index >= 15 is 0 Å². The Morgan fingerprint density at radius 2 is 1.96 bits per heavy atom. The van der Waals surface area contributed by atoms with Gasteiger partial charge in [0.05, 0.1) is 15.2 Å². The van der Waals surface area contributed by atoms with Crippen LogP contribution in [0.5, 0.6) is 0 Å². The van der Waals surface area contributed by atoms with E-state index in [1.807, 2.05) is 11.3 Å². The highest BCUT2D eigenvalue weighted by molar-refractivity contribution is 7.18. The SMILES string of the molecule is C[C@H]1CCC(c2ccc3sc(C4C[C@@H]5CN(C)C[C@@H]5C4)nc3c2)NC1. The minimum atomic E-state index is 0.520. The number of thiazole rings is 1. The van der Waals surface area contributed by atoms with Gasteiger partial charge in [0.1, 0.15) is 0 Å². The molecule has 134 valence electrons. The zero-order valence-electron chi connectivity index (χ0n) is 15.4. The number of hydrogen-bond acceptors (Lipinski definition) is 4. The molecular weight excluding hydrogens is 326 g/mol. The second kappa shape index (κ2) is 6.33. The van der Waals surface area contributed by atoms with Gasteiger partial charge in [0, 0.05) is 25.0 Å². The van der Waals surface area contributed by atoms with Gasteiger partial charge in [-0.25, -0.2) is 4.98 Å². The highest BCUT2D eigenvalue weighted by atomic mass is 32.1. The number of hydrogen-bond donors (Lipinski definition) is 1. The van der Waals surface area contributed by atoms with Crippen LogP contribution in [0, 0.1) is 17.8 Å². The van der Waals surface area contributed by atoms with Crippen LogP contribution in [0.4, 0.5) is 0 Å². The lowest BCUT2D eigenvalue weighted by Gasteiger charge is -2.28. The van der Waals surface area contributed by atoms with Gasteiger partial charge in [-0.15, -0.1) is 11.3 Å². The Hall–Kier alpha value is -0.970. The third kappa shape index (κ3) is 3.02. The standard InChI is InChI=1S/C21H29N3S/c1-13-3-5-18(22-10-13)14-4-6-20-19(9-14)23-21(25-20)15-7-16-11-24(2)12-17(16)8-15/h4,6,9,13,15-18,22H,3,5,7-8,10-12H2,1-2H3/t13-,15?,16-,17+,18?/m0/s1. The van der Waals surface area contributed by atoms with Crippen LogP contribution in [0.3, 0.4) is 0 Å². The maximum absolute atomic E-state index is 5.09. The lowest BCUT2D eigenvalue weighted by molar-refractivity contribution is 0.333. The molecule has 0 spiro atoms. The highest BCUT2D eigenvalue weighted by Crippen LogP contribution is 2.47. The number of nitrogens with zero attached hydrogens (tertiary/aromatic N) is 2. The third-order valence-electron chi connectivity index (χ3n) is 6.77. The second-order valence-electron chi connectivity index (χ2n) is 8.83. The minimum absolute atomic E-state index is 0.520. The van der Waals surface area contributed by atoms with E-state index in [2.05, 4.69) is 42.4 Å². The van der Waals surface area contributed by atoms with Crippen molar-refractivity contribution in [2.24, 2.45) is 17.8 Å². The van der Waals surface area contributed by atoms with E-state index < -0.39 is 0 Å². The first kappa shape index (κ1) is 16.2. The lowest BCUT2D eigenvalue weighted by atomic mass is 9.92. The van der Waals surface area contributed by atoms with Crippen molar-refractivity contribution >= 4 is 21.6 Å². The molecule has 4 heteroatoms. The van der Waals surface area contributed by atoms with Crippen molar-refractivity contribution < 1.29 is 0 Å². The van der Waals surface area contributed by atoms with Gasteiger partial charge < -0.3 is 10.2 Å². The minimum Gasteiger partial charge on any atom is -0.310 e. The number of rotatable bonds is 2. The van der Waals surface area contributed by atoms with Gasteiger partial charge in [0.15, 0.2) is 0 Å². The molecule has 1 saturated carbocycles. The van der Waals surface area contributed by atoms with E-state index in [1.54, 1.807) is 0 Å². The third-order valence-corrected chi connectivity index (χ3v) is 7.97. The van der Waals surface area contributed by atoms with Crippen molar-refractivity contribution in [3.8, 4) is 0 Å². The zero-order chi connectivity index (χ0) is 17.0. The molecule has 1 N–H and O–H groups in total. The Bertz CT molecular complexity index is 748. The van der Waals surface area contributed by atoms with Gasteiger partial charge in [-0.1, -0.05) is 13.0 Å². The summed E-state index contributed by atoms with van der Waals surface area (Å²) in [5.41, 5.74) is 2.66. The first-order chi connectivity index (χ1) is 12.2. The molecule has 2 saturated heterocycles. The van der Waals surface area contributed by atoms with Crippen LogP contribution in [0.2, 0.25) is 0 Å². The highest BCUT2D eigenvalue weighted by Gasteiger charge is 2.41. The molecule has 1 aromatic heterocycles. The van der Waals surface area contributed by atoms with Crippen molar-refractivity contribution in [2.75, 3.05) is 26.7 Å². The Morgan fingerprint density at radius 3 is 2.68 bits per heavy atom. The quantitative estimate of drug-likeness (QED) is 0.865. The summed E-state index contributed by atoms with van der Waals surface area (Å²) in [4.78, 5) is 7.60. The van der Waals surface area contributed by atoms with Gasteiger partial charge in [-0.3, -0.25) is 0 Å². The van der Waals surface area contributed by atoms with Crippen molar-refractivity contribution in [1.82, 2.24) is 15.2 Å². The molecule has 2 unspecified atom stereocenters. The normalized spacial score (nSPS) is 36.2. The van der Waals surface area contributed by atoms with Gasteiger partial charge >= 0.3 is 0 Å². The van der Waals surface area contributed by atoms with Crippen LogP contribution in [0.25, 0.3) is 10.2 Å². The fourth-order valence-electron chi connectivity index (χ4n) is 5.37. The molecule has 25 heavy (non-hydrogen) atoms. The van der Waals surface area contributed by atoms with E-state index in [0.717, 1.165) is 24.3 Å². The van der Waals surface area contributed by atoms with Crippen LogP contribution in [0.15, 0.2) is 18.2 Å². The summed E-state index contributed by atoms with van der Waals surface area (Å²) in [6.07, 6.45) is 5.29. The number of nitrogens with one attached hydrogen (secondary N) is 1. The maximum Gasteiger partial charge on any atom is 0.0969 e. The summed E-state index contributed by atoms with van der Waals surface area (Å²) < 4.78 is 1.37. The molecule has 1 aliphatic carbocycles. The summed E-state index contributed by atoms with van der Waals surface area (Å²) in [5, 5.41) is 5.11. The summed E-state index contributed by atoms with van der Waals surface area (Å²) in [6, 6.07) is 7.52. The van der Waals surface area contributed by atoms with E-state index in [0.29, 0.717) is 12.0 Å². The van der Waals surface area contributed by atoms with Gasteiger partial charge in [0.25, 0.3) is 0 Å². The predicted octanol–water partition coefficient (Wildman–Crippen LogP) is 4.41. The Labute approximate surface area is 154 Å². The molecule has 3 nitrogen and oxygen atoms in total. The van der Waals surface area contributed by atoms with Gasteiger partial charge in [-0.05, 0) is 74.7 Å². The van der Waals surface area contributed by atoms with Crippen LogP contribution in [-0.4, -0.2) is 36.6 Å². The fourth-order valence-corrected chi connectivity index (χ4v) is 6.45. The largest absolute Gasteiger partial charge is 0.310 e. The van der Waals surface area contributed by atoms with Crippen molar-refractivity contribution in [3.63, 3.8) is 0 Å². The molecule has 5 atom stereocenters. The van der Waals surface area contributed by atoms with Crippen LogP contribution in [-0.2, 0) is 0 Å². The first-order valence-corrected chi connectivity index (χ1v) is 10.8. The van der Waals surface area contributed by atoms with Crippen LogP contribution in [0.1, 0.15) is 55.1 Å². The number of benzene rings is 1. The van der Waals surface area contributed by atoms with Gasteiger partial charge in [0.2, 0.25) is 0 Å². The van der Waals surface area contributed by atoms with Crippen molar-refractivity contribution in [2.45, 2.75) is 44.6 Å². The monoisotopic (exact) mass is 355 g/mol. The van der Waals surface area contributed by atoms with Crippen molar-refractivity contribution in [1.29, 1.82) is 0 Å². The maximum atomic E-state index is 5.09. The summed E-state index contributed by atoms with van der Waals surface area (Å²) in [7, 11) is 2.27. The molecular formula is C21H29N3S. The number of piperidine rings is 1. The smallest absolute Gasteiger partial charge is 0.0969 e. The summed E-state index contributed by atoms with van der Waals surface area (Å²) in [5.74, 6) is 3.34. The molecule has 3 heterocycles. The number of aromatic nitrogens is 1. The Balaban J connectivity index is 1.36. The Morgan fingerprint density at radius 1 is 1.16 bits per heavy atom. The molecule has 0 bridgehead atoms. The second-order valence-corrected chi connectivity index (χ2v) is 9.89. The zero-order valence-corrected chi connectivity index (χ0v) is 16.2. The fraction of sp³-hybridized carbons (Fsp3) is 0.667. The Kier molecular flexibility index (Phi) is 4.11. The molecule has 3 fully saturated rings. The van der Waals surface area contributed by atoms with E-state index in [9.17, 15) is 0 Å². The molecule has 2 aliphatic heterocycles. The van der Waals surface area contributed by atoms with E-state index in [1.165, 1.54) is 59.6 Å². The lowest BCUT2D eigenvalue weighted by Crippen LogP contribution is -2.31. The molecule has 0 amide bonds. The van der Waals surface area contributed by atoms with E-state index in [4.69, 9.17) is 4.98 Å². The van der Waals surface area contributed by atoms with E-state index in [-0.39, 0.29) is 0 Å². The first-order valence-electron chi connectivity index (χ1n) is 9.98. The average Bonchev–Trinajstić information content (AvgIpc) is 3.26. The summed E-state index contributed by atoms with van der Waals surface area (Å²) >= 11 is 1.94. The van der Waals surface area contributed by atoms with Crippen molar-refractivity contribution in [3.05, 3.63) is 28.8 Å². The van der Waals surface area contributed by atoms with Crippen LogP contribution >= 0.6 is 11.3 Å². The van der Waals surface area contributed by atoms with Crippen LogP contribution < -0.4 is 5.32 Å². The molecule has 2 aromatic rings. The predicted molar refractivity (Wildman–Crippen MR) is 105 cm³/mol. The topological polar surface area (TPSA) is 28.2 Å². The van der Waals surface area contributed by atoms with Gasteiger partial charge in [-0.2, -0.15) is 0 Å². The molecule has 5 rings (SSSR count). The molecule has 1 aromatic carbocycles. The molecule has 3 aliphatic rings. The summed E-state index contributed by atoms with van der Waals surface area (Å²) in [6.45, 7) is 6.07. The number of likely N-dealkylation sites (tertiary alicyclic amines) is 1. The average molecular weight is 356 g/mol. The molecule has 0 radical (unpaired) electrons. The number of fused-ring (bicyclic) bond motifs is 2.